The van der Waals surface area contributed by atoms with E-state index >= 15 is 0 Å². The van der Waals surface area contributed by atoms with Gasteiger partial charge in [-0.2, -0.15) is 0 Å². The molecule has 0 spiro atoms. The zero-order valence-corrected chi connectivity index (χ0v) is 23.0. The maximum Gasteiger partial charge on any atom is 0.338 e. The van der Waals surface area contributed by atoms with E-state index in [0.29, 0.717) is 43.4 Å². The fourth-order valence-corrected chi connectivity index (χ4v) is 5.62. The molecule has 2 aromatic heterocycles. The Labute approximate surface area is 232 Å². The maximum atomic E-state index is 13.8. The summed E-state index contributed by atoms with van der Waals surface area (Å²) in [5.41, 5.74) is 2.67. The van der Waals surface area contributed by atoms with E-state index in [9.17, 15) is 19.7 Å². The number of aryl methyl sites for hydroxylation is 1. The first-order valence-corrected chi connectivity index (χ1v) is 13.2. The summed E-state index contributed by atoms with van der Waals surface area (Å²) < 4.78 is 18.5. The number of esters is 1. The van der Waals surface area contributed by atoms with Gasteiger partial charge in [0.1, 0.15) is 17.3 Å². The predicted octanol–water partition coefficient (Wildman–Crippen LogP) is 4.17. The summed E-state index contributed by atoms with van der Waals surface area (Å²) in [6.07, 6.45) is 1.62. The Morgan fingerprint density at radius 1 is 1.18 bits per heavy atom. The van der Waals surface area contributed by atoms with Crippen molar-refractivity contribution in [3.05, 3.63) is 107 Å². The topological polar surface area (TPSA) is 123 Å². The number of carbonyl (C=O) groups excluding carboxylic acids is 1. The lowest BCUT2D eigenvalue weighted by Gasteiger charge is -2.24. The van der Waals surface area contributed by atoms with Gasteiger partial charge in [-0.1, -0.05) is 29.5 Å². The van der Waals surface area contributed by atoms with E-state index in [1.807, 2.05) is 19.1 Å². The third kappa shape index (κ3) is 4.87. The Hall–Kier alpha value is -4.77. The molecule has 0 saturated carbocycles. The van der Waals surface area contributed by atoms with Crippen LogP contribution in [0.4, 0.5) is 5.69 Å². The van der Waals surface area contributed by atoms with Crippen molar-refractivity contribution in [2.45, 2.75) is 26.8 Å². The van der Waals surface area contributed by atoms with E-state index in [0.717, 1.165) is 5.56 Å². The molecular weight excluding hydrogens is 534 g/mol. The predicted molar refractivity (Wildman–Crippen MR) is 147 cm³/mol. The summed E-state index contributed by atoms with van der Waals surface area (Å²) in [6, 6.07) is 14.6. The molecule has 1 aliphatic heterocycles. The molecule has 1 unspecified atom stereocenters. The van der Waals surface area contributed by atoms with Gasteiger partial charge in [0.15, 0.2) is 4.80 Å². The van der Waals surface area contributed by atoms with Crippen molar-refractivity contribution < 1.29 is 28.8 Å². The molecule has 2 aromatic carbocycles. The number of methoxy groups -OCH3 is 1. The van der Waals surface area contributed by atoms with Crippen molar-refractivity contribution >= 4 is 29.1 Å². The Kier molecular flexibility index (Phi) is 7.22. The summed E-state index contributed by atoms with van der Waals surface area (Å²) in [6.45, 7) is 5.49. The van der Waals surface area contributed by atoms with Crippen LogP contribution in [-0.2, 0) is 9.53 Å². The molecule has 1 aliphatic rings. The molecule has 5 rings (SSSR count). The zero-order chi connectivity index (χ0) is 28.6. The molecular formula is C29H26N3O7S+. The molecule has 1 atom stereocenters. The van der Waals surface area contributed by atoms with Crippen molar-refractivity contribution in [1.82, 2.24) is 4.57 Å². The largest absolute Gasteiger partial charge is 0.497 e. The van der Waals surface area contributed by atoms with Crippen LogP contribution in [0.2, 0.25) is 0 Å². The van der Waals surface area contributed by atoms with Crippen molar-refractivity contribution in [3.8, 4) is 17.1 Å². The van der Waals surface area contributed by atoms with Gasteiger partial charge in [0.25, 0.3) is 10.5 Å². The molecule has 10 nitrogen and oxygen atoms in total. The second kappa shape index (κ2) is 10.8. The zero-order valence-electron chi connectivity index (χ0n) is 22.2. The summed E-state index contributed by atoms with van der Waals surface area (Å²) >= 11 is 1.18. The van der Waals surface area contributed by atoms with E-state index < -0.39 is 12.0 Å². The highest BCUT2D eigenvalue weighted by molar-refractivity contribution is 7.07. The Morgan fingerprint density at radius 3 is 2.60 bits per heavy atom. The number of furan rings is 1. The van der Waals surface area contributed by atoms with Crippen molar-refractivity contribution in [2.75, 3.05) is 13.7 Å². The number of fused-ring (bicyclic) bond motifs is 1. The van der Waals surface area contributed by atoms with E-state index in [2.05, 4.69) is 4.99 Å². The number of rotatable bonds is 7. The van der Waals surface area contributed by atoms with E-state index in [-0.39, 0.29) is 28.3 Å². The van der Waals surface area contributed by atoms with Crippen LogP contribution in [0.5, 0.6) is 5.75 Å². The minimum Gasteiger partial charge on any atom is -0.497 e. The number of allylic oxidation sites excluding steroid dienone is 1. The average molecular weight is 561 g/mol. The summed E-state index contributed by atoms with van der Waals surface area (Å²) in [5, 5.41) is 9.29. The lowest BCUT2D eigenvalue weighted by molar-refractivity contribution is -0.729. The molecule has 4 aromatic rings. The number of benzene rings is 2. The van der Waals surface area contributed by atoms with Crippen molar-refractivity contribution in [3.63, 3.8) is 0 Å². The highest BCUT2D eigenvalue weighted by Gasteiger charge is 2.33. The van der Waals surface area contributed by atoms with Crippen LogP contribution >= 0.6 is 11.3 Å². The van der Waals surface area contributed by atoms with Gasteiger partial charge < -0.3 is 13.9 Å². The number of hydrogen-bond donors (Lipinski definition) is 1. The molecule has 0 saturated heterocycles. The van der Waals surface area contributed by atoms with Crippen LogP contribution in [0.1, 0.15) is 36.8 Å². The molecule has 40 heavy (non-hydrogen) atoms. The van der Waals surface area contributed by atoms with Gasteiger partial charge in [0, 0.05) is 23.8 Å². The Morgan fingerprint density at radius 2 is 1.93 bits per heavy atom. The molecule has 0 radical (unpaired) electrons. The number of thiazole rings is 1. The van der Waals surface area contributed by atoms with Gasteiger partial charge in [-0.15, -0.1) is 0 Å². The van der Waals surface area contributed by atoms with Gasteiger partial charge in [-0.25, -0.2) is 15.0 Å². The average Bonchev–Trinajstić information content (AvgIpc) is 3.52. The van der Waals surface area contributed by atoms with Crippen LogP contribution in [0.15, 0.2) is 80.1 Å². The second-order valence-corrected chi connectivity index (χ2v) is 10.1. The number of hydrogen-bond acceptors (Lipinski definition) is 8. The smallest absolute Gasteiger partial charge is 0.338 e. The lowest BCUT2D eigenvalue weighted by atomic mass is 9.96. The second-order valence-electron chi connectivity index (χ2n) is 9.05. The Balaban J connectivity index is 1.62. The van der Waals surface area contributed by atoms with Crippen LogP contribution in [-0.4, -0.2) is 34.4 Å². The van der Waals surface area contributed by atoms with Crippen LogP contribution in [0.3, 0.4) is 0 Å². The van der Waals surface area contributed by atoms with Gasteiger partial charge >= 0.3 is 11.7 Å². The maximum absolute atomic E-state index is 13.8. The molecule has 0 amide bonds. The fourth-order valence-electron chi connectivity index (χ4n) is 4.59. The first-order chi connectivity index (χ1) is 19.2. The van der Waals surface area contributed by atoms with E-state index in [1.54, 1.807) is 57.4 Å². The monoisotopic (exact) mass is 560 g/mol. The standard InChI is InChI=1S/C29H26N3O7S/c1-5-38-28(34)25-17(3)30-29-31(26(25)18-7-10-20(37-4)11-8-18)27(33)24(40-29)15-21-12-13-23(39-21)22-14-19(32(35)36)9-6-16(22)2/h6-15,26H,5H2,1-4H3,(H,35,36)/q+1/b24-15-. The third-order valence-electron chi connectivity index (χ3n) is 6.56. The van der Waals surface area contributed by atoms with Crippen molar-refractivity contribution in [1.29, 1.82) is 0 Å². The SMILES string of the molecule is CCOC(=O)C1=C(C)N=c2s/c(=C\c3ccc(-c4cc([N+](=O)O)ccc4C)o3)c(=O)n2C1c1ccc(OC)cc1. The molecule has 0 fully saturated rings. The van der Waals surface area contributed by atoms with Crippen LogP contribution in [0, 0.1) is 11.8 Å². The van der Waals surface area contributed by atoms with Gasteiger partial charge in [0.2, 0.25) is 0 Å². The number of ether oxygens (including phenoxy) is 2. The highest BCUT2D eigenvalue weighted by atomic mass is 32.1. The molecule has 11 heteroatoms. The minimum absolute atomic E-state index is 0.0677. The third-order valence-corrected chi connectivity index (χ3v) is 7.54. The minimum atomic E-state index is -0.741. The van der Waals surface area contributed by atoms with Crippen LogP contribution in [0.25, 0.3) is 17.4 Å². The fraction of sp³-hybridized carbons (Fsp3) is 0.207. The normalized spacial score (nSPS) is 15.0. The molecule has 0 aliphatic carbocycles. The lowest BCUT2D eigenvalue weighted by Crippen LogP contribution is -2.39. The summed E-state index contributed by atoms with van der Waals surface area (Å²) in [4.78, 5) is 43.0. The van der Waals surface area contributed by atoms with E-state index in [4.69, 9.17) is 13.9 Å². The molecule has 1 N–H and O–H groups in total. The molecule has 0 bridgehead atoms. The summed E-state index contributed by atoms with van der Waals surface area (Å²) in [5.74, 6) is 0.990. The first-order valence-electron chi connectivity index (χ1n) is 12.4. The number of aromatic nitrogens is 1. The van der Waals surface area contributed by atoms with E-state index in [1.165, 1.54) is 28.0 Å². The van der Waals surface area contributed by atoms with Gasteiger partial charge in [0.05, 0.1) is 40.5 Å². The highest BCUT2D eigenvalue weighted by Crippen LogP contribution is 2.32. The Bertz CT molecular complexity index is 1850. The summed E-state index contributed by atoms with van der Waals surface area (Å²) in [7, 11) is 1.56. The van der Waals surface area contributed by atoms with Crippen LogP contribution < -0.4 is 19.6 Å². The quantitative estimate of drug-likeness (QED) is 0.266. The molecule has 204 valence electrons. The first kappa shape index (κ1) is 26.8. The molecule has 3 heterocycles. The van der Waals surface area contributed by atoms with Crippen molar-refractivity contribution in [2.24, 2.45) is 4.99 Å². The van der Waals surface area contributed by atoms with Gasteiger partial charge in [-0.3, -0.25) is 9.36 Å². The number of nitrogens with zero attached hydrogens (tertiary/aromatic N) is 3. The number of carbonyl (C=O) groups is 1. The van der Waals surface area contributed by atoms with Gasteiger partial charge in [-0.05, 0) is 56.2 Å².